The molecule has 2 saturated heterocycles. The summed E-state index contributed by atoms with van der Waals surface area (Å²) < 4.78 is 6.19. The number of nitrogens with one attached hydrogen (secondary N) is 1. The fraction of sp³-hybridized carbons (Fsp3) is 0.179. The Kier molecular flexibility index (Phi) is 5.10. The van der Waals surface area contributed by atoms with Crippen molar-refractivity contribution in [3.8, 4) is 0 Å². The first kappa shape index (κ1) is 21.2. The monoisotopic (exact) mass is 464 g/mol. The number of nitrogens with zero attached hydrogens (tertiary/aromatic N) is 3. The molecule has 3 amide bonds. The molecule has 6 rings (SSSR count). The van der Waals surface area contributed by atoms with Crippen LogP contribution in [0.2, 0.25) is 0 Å². The Bertz CT molecular complexity index is 1350. The number of carbonyl (C=O) groups is 2. The van der Waals surface area contributed by atoms with Gasteiger partial charge in [-0.05, 0) is 23.6 Å². The number of urea groups is 1. The molecule has 1 atom stereocenters. The van der Waals surface area contributed by atoms with E-state index in [1.165, 1.54) is 0 Å². The van der Waals surface area contributed by atoms with Crippen LogP contribution in [-0.4, -0.2) is 52.6 Å². The van der Waals surface area contributed by atoms with Gasteiger partial charge in [0.05, 0.1) is 0 Å². The van der Waals surface area contributed by atoms with E-state index in [9.17, 15) is 9.59 Å². The van der Waals surface area contributed by atoms with Gasteiger partial charge in [-0.15, -0.1) is 0 Å². The molecular weight excluding hydrogens is 440 g/mol. The van der Waals surface area contributed by atoms with Crippen LogP contribution in [0.1, 0.15) is 11.1 Å². The van der Waals surface area contributed by atoms with E-state index in [-0.39, 0.29) is 18.2 Å². The highest BCUT2D eigenvalue weighted by atomic mass is 16.6. The quantitative estimate of drug-likeness (QED) is 0.471. The Morgan fingerprint density at radius 1 is 0.914 bits per heavy atom. The number of aromatic nitrogens is 1. The van der Waals surface area contributed by atoms with Gasteiger partial charge in [0.15, 0.2) is 5.60 Å². The average Bonchev–Trinajstić information content (AvgIpc) is 3.22. The van der Waals surface area contributed by atoms with Crippen molar-refractivity contribution in [2.75, 3.05) is 25.0 Å². The molecule has 3 heterocycles. The van der Waals surface area contributed by atoms with Crippen molar-refractivity contribution in [2.45, 2.75) is 11.6 Å². The van der Waals surface area contributed by atoms with E-state index in [0.717, 1.165) is 21.9 Å². The van der Waals surface area contributed by atoms with Crippen LogP contribution in [0.4, 0.5) is 15.3 Å². The van der Waals surface area contributed by atoms with E-state index in [0.29, 0.717) is 25.3 Å². The lowest BCUT2D eigenvalue weighted by molar-refractivity contribution is 0.0525. The maximum atomic E-state index is 13.3. The molecule has 1 N–H and O–H groups in total. The summed E-state index contributed by atoms with van der Waals surface area (Å²) >= 11 is 0. The molecule has 3 aromatic carbocycles. The third-order valence-corrected chi connectivity index (χ3v) is 6.92. The number of ether oxygens (including phenoxy) is 1. The number of hydrogen-bond acceptors (Lipinski definition) is 4. The molecule has 0 aliphatic carbocycles. The minimum absolute atomic E-state index is 0.201. The molecule has 2 fully saturated rings. The normalized spacial score (nSPS) is 18.7. The van der Waals surface area contributed by atoms with E-state index in [1.807, 2.05) is 84.9 Å². The fourth-order valence-corrected chi connectivity index (χ4v) is 5.20. The molecule has 0 saturated carbocycles. The zero-order valence-electron chi connectivity index (χ0n) is 19.0. The van der Waals surface area contributed by atoms with Crippen LogP contribution < -0.4 is 5.32 Å². The van der Waals surface area contributed by atoms with Gasteiger partial charge in [0.25, 0.3) is 0 Å². The number of cyclic esters (lactones) is 1. The van der Waals surface area contributed by atoms with Crippen molar-refractivity contribution < 1.29 is 14.3 Å². The Morgan fingerprint density at radius 2 is 1.63 bits per heavy atom. The summed E-state index contributed by atoms with van der Waals surface area (Å²) in [7, 11) is 0. The van der Waals surface area contributed by atoms with Crippen LogP contribution in [0.25, 0.3) is 10.8 Å². The molecule has 2 aliphatic heterocycles. The van der Waals surface area contributed by atoms with Gasteiger partial charge in [-0.2, -0.15) is 0 Å². The van der Waals surface area contributed by atoms with Crippen molar-refractivity contribution in [1.82, 2.24) is 14.8 Å². The number of piperazine rings is 1. The summed E-state index contributed by atoms with van der Waals surface area (Å²) in [5.74, 6) is 0. The first-order valence-electron chi connectivity index (χ1n) is 11.7. The Hall–Kier alpha value is -4.39. The van der Waals surface area contributed by atoms with Crippen molar-refractivity contribution >= 4 is 28.6 Å². The maximum absolute atomic E-state index is 13.3. The number of pyridine rings is 1. The first-order valence-corrected chi connectivity index (χ1v) is 11.7. The SMILES string of the molecule is O=C(Nc1ccc2cnccc2c1)N1CCN2C(=O)OC(c3ccccc3)(c3ccccc3)C2C1. The van der Waals surface area contributed by atoms with Crippen LogP contribution in [0.3, 0.4) is 0 Å². The topological polar surface area (TPSA) is 74.8 Å². The second-order valence-electron chi connectivity index (χ2n) is 8.86. The van der Waals surface area contributed by atoms with Gasteiger partial charge < -0.3 is 15.0 Å². The number of amides is 3. The summed E-state index contributed by atoms with van der Waals surface area (Å²) in [5, 5.41) is 5.04. The van der Waals surface area contributed by atoms with Crippen molar-refractivity contribution in [1.29, 1.82) is 0 Å². The zero-order chi connectivity index (χ0) is 23.8. The van der Waals surface area contributed by atoms with Gasteiger partial charge in [0, 0.05) is 54.2 Å². The molecule has 1 unspecified atom stereocenters. The highest BCUT2D eigenvalue weighted by Crippen LogP contribution is 2.45. The lowest BCUT2D eigenvalue weighted by Crippen LogP contribution is -2.59. The zero-order valence-corrected chi connectivity index (χ0v) is 19.0. The van der Waals surface area contributed by atoms with E-state index in [2.05, 4.69) is 10.3 Å². The number of benzene rings is 3. The maximum Gasteiger partial charge on any atom is 0.411 e. The fourth-order valence-electron chi connectivity index (χ4n) is 5.20. The molecule has 7 heteroatoms. The lowest BCUT2D eigenvalue weighted by Gasteiger charge is -2.42. The predicted molar refractivity (Wildman–Crippen MR) is 133 cm³/mol. The molecule has 2 aliphatic rings. The second-order valence-corrected chi connectivity index (χ2v) is 8.86. The van der Waals surface area contributed by atoms with Crippen molar-refractivity contribution in [2.24, 2.45) is 0 Å². The van der Waals surface area contributed by atoms with Gasteiger partial charge in [-0.1, -0.05) is 66.7 Å². The number of anilines is 1. The number of rotatable bonds is 3. The van der Waals surface area contributed by atoms with Crippen LogP contribution in [-0.2, 0) is 10.3 Å². The van der Waals surface area contributed by atoms with E-state index < -0.39 is 5.60 Å². The van der Waals surface area contributed by atoms with Crippen molar-refractivity contribution in [3.63, 3.8) is 0 Å². The Morgan fingerprint density at radius 3 is 2.34 bits per heavy atom. The Labute approximate surface area is 202 Å². The first-order chi connectivity index (χ1) is 17.1. The molecule has 1 aromatic heterocycles. The number of carbonyl (C=O) groups excluding carboxylic acids is 2. The molecule has 4 aromatic rings. The van der Waals surface area contributed by atoms with Gasteiger partial charge in [-0.25, -0.2) is 9.59 Å². The molecule has 0 radical (unpaired) electrons. The third kappa shape index (κ3) is 3.56. The minimum Gasteiger partial charge on any atom is -0.431 e. The number of hydrogen-bond donors (Lipinski definition) is 1. The highest BCUT2D eigenvalue weighted by molar-refractivity contribution is 5.93. The molecule has 35 heavy (non-hydrogen) atoms. The lowest BCUT2D eigenvalue weighted by atomic mass is 9.79. The van der Waals surface area contributed by atoms with Gasteiger partial charge in [0.1, 0.15) is 6.04 Å². The highest BCUT2D eigenvalue weighted by Gasteiger charge is 2.58. The van der Waals surface area contributed by atoms with E-state index >= 15 is 0 Å². The predicted octanol–water partition coefficient (Wildman–Crippen LogP) is 4.85. The van der Waals surface area contributed by atoms with Gasteiger partial charge >= 0.3 is 12.1 Å². The molecule has 7 nitrogen and oxygen atoms in total. The number of fused-ring (bicyclic) bond motifs is 2. The standard InChI is InChI=1S/C28H24N4O3/c33-26(30-24-12-11-21-18-29-14-13-20(21)17-24)31-15-16-32-25(19-31)28(35-27(32)34,22-7-3-1-4-8-22)23-9-5-2-6-10-23/h1-14,17-18,25H,15-16,19H2,(H,30,33). The average molecular weight is 465 g/mol. The van der Waals surface area contributed by atoms with Crippen LogP contribution in [0.15, 0.2) is 97.3 Å². The van der Waals surface area contributed by atoms with Crippen LogP contribution in [0, 0.1) is 0 Å². The van der Waals surface area contributed by atoms with E-state index in [1.54, 1.807) is 22.2 Å². The summed E-state index contributed by atoms with van der Waals surface area (Å²) in [4.78, 5) is 34.0. The Balaban J connectivity index is 1.32. The molecule has 0 bridgehead atoms. The van der Waals surface area contributed by atoms with Crippen LogP contribution in [0.5, 0.6) is 0 Å². The van der Waals surface area contributed by atoms with Crippen molar-refractivity contribution in [3.05, 3.63) is 108 Å². The summed E-state index contributed by atoms with van der Waals surface area (Å²) in [6.45, 7) is 1.18. The third-order valence-electron chi connectivity index (χ3n) is 6.92. The summed E-state index contributed by atoms with van der Waals surface area (Å²) in [6, 6.07) is 26.7. The molecule has 174 valence electrons. The molecular formula is C28H24N4O3. The molecule has 0 spiro atoms. The van der Waals surface area contributed by atoms with E-state index in [4.69, 9.17) is 4.74 Å². The summed E-state index contributed by atoms with van der Waals surface area (Å²) in [5.41, 5.74) is 1.48. The second kappa shape index (κ2) is 8.43. The minimum atomic E-state index is -1.01. The van der Waals surface area contributed by atoms with Gasteiger partial charge in [-0.3, -0.25) is 9.88 Å². The van der Waals surface area contributed by atoms with Crippen LogP contribution >= 0.6 is 0 Å². The summed E-state index contributed by atoms with van der Waals surface area (Å²) in [6.07, 6.45) is 3.17. The largest absolute Gasteiger partial charge is 0.431 e. The van der Waals surface area contributed by atoms with Gasteiger partial charge in [0.2, 0.25) is 0 Å². The smallest absolute Gasteiger partial charge is 0.411 e.